The molecule has 234 valence electrons. The van der Waals surface area contributed by atoms with Crippen molar-refractivity contribution < 1.29 is 9.90 Å². The van der Waals surface area contributed by atoms with E-state index in [9.17, 15) is 1.37 Å². The molecule has 0 saturated heterocycles. The molecule has 10 rings (SSSR count). The van der Waals surface area contributed by atoms with E-state index in [-0.39, 0.29) is 35.6 Å². The lowest BCUT2D eigenvalue weighted by Crippen LogP contribution is -2.06. The zero-order chi connectivity index (χ0) is 36.5. The normalized spacial score (nSPS) is 12.7. The second-order valence-electron chi connectivity index (χ2n) is 12.2. The zero-order valence-corrected chi connectivity index (χ0v) is 26.6. The molecule has 0 aliphatic rings. The highest BCUT2D eigenvalue weighted by atomic mass is 16.3. The average Bonchev–Trinajstić information content (AvgIpc) is 3.78. The first-order valence-corrected chi connectivity index (χ1v) is 16.4. The Morgan fingerprint density at radius 2 is 1.04 bits per heavy atom. The molecule has 0 spiro atoms. The highest BCUT2D eigenvalue weighted by Crippen LogP contribution is 2.37. The topological polar surface area (TPSA) is 56.7 Å². The summed E-state index contributed by atoms with van der Waals surface area (Å²) >= 11 is 0. The van der Waals surface area contributed by atoms with Crippen molar-refractivity contribution in [1.82, 2.24) is 19.5 Å². The highest BCUT2D eigenvalue weighted by molar-refractivity contribution is 6.10. The molecule has 3 aromatic heterocycles. The van der Waals surface area contributed by atoms with Gasteiger partial charge in [0.15, 0.2) is 11.6 Å². The Labute approximate surface area is 293 Å². The minimum Gasteiger partial charge on any atom is -0.456 e. The number of fused-ring (bicyclic) bond motifs is 6. The summed E-state index contributed by atoms with van der Waals surface area (Å²) in [4.78, 5) is 15.0. The molecule has 0 amide bonds. The van der Waals surface area contributed by atoms with Crippen molar-refractivity contribution in [3.05, 3.63) is 170 Å². The minimum absolute atomic E-state index is 0.124. The fourth-order valence-corrected chi connectivity index (χ4v) is 6.79. The molecule has 10 aromatic rings. The van der Waals surface area contributed by atoms with Crippen molar-refractivity contribution in [1.29, 1.82) is 0 Å². The van der Waals surface area contributed by atoms with E-state index in [2.05, 4.69) is 30.3 Å². The van der Waals surface area contributed by atoms with E-state index in [0.29, 0.717) is 39.1 Å². The summed E-state index contributed by atoms with van der Waals surface area (Å²) in [6.45, 7) is 0. The SMILES string of the molecule is [2H]c1c([2H])c([2H])c2c(c1[2H])c1ccc(-c3cccc(-c4ccccc4)c3)cc1n2-c1nc(-c2ccccc2)nc(-c2ccc3c(c2)oc2ccccc23)n1. The van der Waals surface area contributed by atoms with Crippen molar-refractivity contribution in [2.45, 2.75) is 0 Å². The Bertz CT molecular complexity index is 3100. The van der Waals surface area contributed by atoms with Gasteiger partial charge in [0.25, 0.3) is 0 Å². The fraction of sp³-hybridized carbons (Fsp3) is 0. The number of para-hydroxylation sites is 2. The first-order valence-electron chi connectivity index (χ1n) is 18.4. The van der Waals surface area contributed by atoms with Crippen molar-refractivity contribution in [3.8, 4) is 51.0 Å². The molecule has 50 heavy (non-hydrogen) atoms. The van der Waals surface area contributed by atoms with E-state index >= 15 is 0 Å². The third-order valence-electron chi connectivity index (χ3n) is 9.19. The van der Waals surface area contributed by atoms with Crippen LogP contribution in [0.4, 0.5) is 0 Å². The van der Waals surface area contributed by atoms with Crippen molar-refractivity contribution >= 4 is 43.7 Å². The Balaban J connectivity index is 1.25. The van der Waals surface area contributed by atoms with Crippen molar-refractivity contribution in [3.63, 3.8) is 0 Å². The zero-order valence-electron chi connectivity index (χ0n) is 30.6. The number of hydrogen-bond acceptors (Lipinski definition) is 4. The Kier molecular flexibility index (Phi) is 5.54. The molecule has 0 radical (unpaired) electrons. The summed E-state index contributed by atoms with van der Waals surface area (Å²) in [5, 5.41) is 3.05. The lowest BCUT2D eigenvalue weighted by Gasteiger charge is -2.12. The number of hydrogen-bond donors (Lipinski definition) is 0. The van der Waals surface area contributed by atoms with Gasteiger partial charge < -0.3 is 4.42 Å². The van der Waals surface area contributed by atoms with Crippen molar-refractivity contribution in [2.24, 2.45) is 0 Å². The van der Waals surface area contributed by atoms with Gasteiger partial charge in [-0.05, 0) is 58.6 Å². The number of aromatic nitrogens is 4. The van der Waals surface area contributed by atoms with Gasteiger partial charge in [-0.15, -0.1) is 0 Å². The predicted molar refractivity (Wildman–Crippen MR) is 203 cm³/mol. The van der Waals surface area contributed by atoms with E-state index in [1.165, 1.54) is 0 Å². The van der Waals surface area contributed by atoms with Crippen LogP contribution < -0.4 is 0 Å². The van der Waals surface area contributed by atoms with Crippen LogP contribution in [-0.4, -0.2) is 19.5 Å². The molecule has 5 heteroatoms. The molecule has 0 atom stereocenters. The highest BCUT2D eigenvalue weighted by Gasteiger charge is 2.19. The van der Waals surface area contributed by atoms with Gasteiger partial charge in [0.1, 0.15) is 11.2 Å². The van der Waals surface area contributed by atoms with Gasteiger partial charge in [-0.2, -0.15) is 9.97 Å². The summed E-state index contributed by atoms with van der Waals surface area (Å²) in [5.41, 5.74) is 7.97. The first-order chi connectivity index (χ1) is 26.4. The molecule has 5 nitrogen and oxygen atoms in total. The summed E-state index contributed by atoms with van der Waals surface area (Å²) in [5.74, 6) is 1.04. The van der Waals surface area contributed by atoms with Gasteiger partial charge in [0.2, 0.25) is 5.95 Å². The Hall–Kier alpha value is -6.85. The maximum Gasteiger partial charge on any atom is 0.238 e. The van der Waals surface area contributed by atoms with Crippen molar-refractivity contribution in [2.75, 3.05) is 0 Å². The number of furan rings is 1. The van der Waals surface area contributed by atoms with Gasteiger partial charge in [0.05, 0.1) is 16.5 Å². The first kappa shape index (κ1) is 24.3. The molecule has 0 N–H and O–H groups in total. The maximum atomic E-state index is 9.17. The largest absolute Gasteiger partial charge is 0.456 e. The smallest absolute Gasteiger partial charge is 0.238 e. The third-order valence-corrected chi connectivity index (χ3v) is 9.19. The van der Waals surface area contributed by atoms with Crippen LogP contribution in [0, 0.1) is 0 Å². The van der Waals surface area contributed by atoms with Crippen LogP contribution in [0.15, 0.2) is 174 Å². The monoisotopic (exact) mass is 644 g/mol. The van der Waals surface area contributed by atoms with Crippen LogP contribution in [0.5, 0.6) is 0 Å². The molecule has 0 saturated carbocycles. The number of rotatable bonds is 5. The molecule has 0 bridgehead atoms. The van der Waals surface area contributed by atoms with Gasteiger partial charge in [-0.3, -0.25) is 4.57 Å². The van der Waals surface area contributed by atoms with Crippen LogP contribution in [0.3, 0.4) is 0 Å². The molecule has 0 fully saturated rings. The quantitative estimate of drug-likeness (QED) is 0.187. The molecule has 7 aromatic carbocycles. The maximum absolute atomic E-state index is 9.17. The van der Waals surface area contributed by atoms with E-state index in [1.54, 1.807) is 4.57 Å². The molecule has 3 heterocycles. The van der Waals surface area contributed by atoms with Gasteiger partial charge in [-0.1, -0.05) is 133 Å². The Morgan fingerprint density at radius 3 is 1.88 bits per heavy atom. The van der Waals surface area contributed by atoms with Crippen LogP contribution in [0.1, 0.15) is 5.48 Å². The Morgan fingerprint density at radius 1 is 0.420 bits per heavy atom. The van der Waals surface area contributed by atoms with Gasteiger partial charge in [-0.25, -0.2) is 4.98 Å². The molecular weight excluding hydrogens is 613 g/mol. The van der Waals surface area contributed by atoms with Gasteiger partial charge in [0, 0.05) is 32.7 Å². The minimum atomic E-state index is -0.333. The van der Waals surface area contributed by atoms with E-state index in [0.717, 1.165) is 44.2 Å². The second-order valence-corrected chi connectivity index (χ2v) is 12.2. The fourth-order valence-electron chi connectivity index (χ4n) is 6.79. The van der Waals surface area contributed by atoms with Crippen LogP contribution in [0.2, 0.25) is 0 Å². The lowest BCUT2D eigenvalue weighted by molar-refractivity contribution is 0.669. The van der Waals surface area contributed by atoms with Crippen LogP contribution in [0.25, 0.3) is 94.7 Å². The summed E-state index contributed by atoms with van der Waals surface area (Å²) in [6.07, 6.45) is 0. The summed E-state index contributed by atoms with van der Waals surface area (Å²) in [6, 6.07) is 47.0. The third kappa shape index (κ3) is 4.67. The average molecular weight is 645 g/mol. The number of benzene rings is 7. The second kappa shape index (κ2) is 11.4. The van der Waals surface area contributed by atoms with E-state index in [1.807, 2.05) is 115 Å². The van der Waals surface area contributed by atoms with Crippen LogP contribution in [-0.2, 0) is 0 Å². The predicted octanol–water partition coefficient (Wildman–Crippen LogP) is 11.5. The summed E-state index contributed by atoms with van der Waals surface area (Å²) in [7, 11) is 0. The standard InChI is InChI=1S/C45H28N4O/c1-3-12-29(13-4-1)31-16-11-17-32(26-31)33-22-24-36-35-18-7-9-20-39(35)49(40(36)27-33)45-47-43(30-14-5-2-6-15-30)46-44(48-45)34-23-25-38-37-19-8-10-21-41(37)50-42(38)28-34/h1-28H/i7D,9D,18D,20D. The molecule has 0 aliphatic heterocycles. The van der Waals surface area contributed by atoms with E-state index in [4.69, 9.17) is 23.5 Å². The molecule has 0 aliphatic carbocycles. The van der Waals surface area contributed by atoms with Crippen LogP contribution >= 0.6 is 0 Å². The van der Waals surface area contributed by atoms with Gasteiger partial charge >= 0.3 is 0 Å². The lowest BCUT2D eigenvalue weighted by atomic mass is 9.98. The number of nitrogens with zero attached hydrogens (tertiary/aromatic N) is 4. The molecule has 0 unspecified atom stereocenters. The van der Waals surface area contributed by atoms with E-state index < -0.39 is 0 Å². The molecular formula is C45H28N4O. The summed E-state index contributed by atoms with van der Waals surface area (Å²) < 4.78 is 43.5.